The first-order valence-corrected chi connectivity index (χ1v) is 5.60. The second kappa shape index (κ2) is 5.27. The fourth-order valence-corrected chi connectivity index (χ4v) is 1.57. The number of halogens is 1. The summed E-state index contributed by atoms with van der Waals surface area (Å²) in [7, 11) is 0. The van der Waals surface area contributed by atoms with Gasteiger partial charge in [-0.05, 0) is 34.5 Å². The summed E-state index contributed by atoms with van der Waals surface area (Å²) in [4.78, 5) is 11.9. The second-order valence-electron chi connectivity index (χ2n) is 2.94. The number of hydrogen-bond donors (Lipinski definition) is 2. The second-order valence-corrected chi connectivity index (χ2v) is 4.19. The van der Waals surface area contributed by atoms with Gasteiger partial charge in [0.2, 0.25) is 0 Å². The minimum atomic E-state index is -0.319. The Hall–Kier alpha value is -0.880. The normalized spacial score (nSPS) is 12.1. The van der Waals surface area contributed by atoms with Crippen LogP contribution in [0.15, 0.2) is 21.2 Å². The Morgan fingerprint density at radius 3 is 2.80 bits per heavy atom. The fourth-order valence-electron chi connectivity index (χ4n) is 1.04. The predicted octanol–water partition coefficient (Wildman–Crippen LogP) is 1.84. The van der Waals surface area contributed by atoms with E-state index in [2.05, 4.69) is 21.2 Å². The van der Waals surface area contributed by atoms with Crippen molar-refractivity contribution in [1.29, 1.82) is 0 Å². The number of thiocarbonyl (C=S) groups is 1. The molecule has 0 fully saturated rings. The average Bonchev–Trinajstić information content (AvgIpc) is 2.60. The lowest BCUT2D eigenvalue weighted by Gasteiger charge is -2.13. The number of amides is 1. The molecule has 4 nitrogen and oxygen atoms in total. The zero-order valence-corrected chi connectivity index (χ0v) is 10.5. The first-order chi connectivity index (χ1) is 7.04. The molecule has 6 heteroatoms. The molecule has 1 aromatic rings. The summed E-state index contributed by atoms with van der Waals surface area (Å²) in [5.74, 6) is -0.0862. The molecule has 1 amide bonds. The van der Waals surface area contributed by atoms with Gasteiger partial charge >= 0.3 is 0 Å². The van der Waals surface area contributed by atoms with E-state index >= 15 is 0 Å². The summed E-state index contributed by atoms with van der Waals surface area (Å²) in [6.07, 6.45) is 0.656. The fraction of sp³-hybridized carbons (Fsp3) is 0.333. The average molecular weight is 291 g/mol. The molecule has 0 aromatic carbocycles. The molecule has 0 radical (unpaired) electrons. The number of furan rings is 1. The van der Waals surface area contributed by atoms with Crippen molar-refractivity contribution in [1.82, 2.24) is 5.32 Å². The van der Waals surface area contributed by atoms with Crippen molar-refractivity contribution in [3.8, 4) is 0 Å². The largest absolute Gasteiger partial charge is 0.444 e. The van der Waals surface area contributed by atoms with Gasteiger partial charge in [-0.3, -0.25) is 4.79 Å². The van der Waals surface area contributed by atoms with Gasteiger partial charge in [-0.1, -0.05) is 19.1 Å². The number of carbonyl (C=O) groups is 1. The maximum Gasteiger partial charge on any atom is 0.287 e. The molecule has 1 aromatic heterocycles. The Balaban J connectivity index is 2.66. The van der Waals surface area contributed by atoms with Crippen LogP contribution in [0.3, 0.4) is 0 Å². The minimum Gasteiger partial charge on any atom is -0.444 e. The molecule has 1 heterocycles. The molecule has 82 valence electrons. The van der Waals surface area contributed by atoms with Crippen molar-refractivity contribution in [2.45, 2.75) is 19.4 Å². The smallest absolute Gasteiger partial charge is 0.287 e. The highest BCUT2D eigenvalue weighted by molar-refractivity contribution is 9.10. The molecule has 0 saturated heterocycles. The standard InChI is InChI=1S/C9H11BrN2O2S/c1-2-5(8(11)15)12-9(13)6-3-4-7(10)14-6/h3-5H,2H2,1H3,(H2,11,15)(H,12,13). The van der Waals surface area contributed by atoms with Gasteiger partial charge in [0.1, 0.15) is 0 Å². The Labute approximate surface area is 101 Å². The van der Waals surface area contributed by atoms with Crippen molar-refractivity contribution in [3.05, 3.63) is 22.6 Å². The van der Waals surface area contributed by atoms with Crippen LogP contribution in [0.1, 0.15) is 23.9 Å². The van der Waals surface area contributed by atoms with Gasteiger partial charge in [0, 0.05) is 0 Å². The highest BCUT2D eigenvalue weighted by Gasteiger charge is 2.16. The maximum absolute atomic E-state index is 11.6. The van der Waals surface area contributed by atoms with Gasteiger partial charge in [-0.15, -0.1) is 0 Å². The van der Waals surface area contributed by atoms with Crippen molar-refractivity contribution in [3.63, 3.8) is 0 Å². The highest BCUT2D eigenvalue weighted by Crippen LogP contribution is 2.14. The first kappa shape index (κ1) is 12.2. The monoisotopic (exact) mass is 290 g/mol. The molecule has 15 heavy (non-hydrogen) atoms. The molecule has 0 aliphatic carbocycles. The zero-order chi connectivity index (χ0) is 11.4. The molecule has 0 spiro atoms. The van der Waals surface area contributed by atoms with Gasteiger partial charge in [0.25, 0.3) is 5.91 Å². The molecule has 0 bridgehead atoms. The molecule has 1 unspecified atom stereocenters. The van der Waals surface area contributed by atoms with Crippen LogP contribution in [0.2, 0.25) is 0 Å². The van der Waals surface area contributed by atoms with Crippen LogP contribution in [0, 0.1) is 0 Å². The molecule has 0 saturated carbocycles. The summed E-state index contributed by atoms with van der Waals surface area (Å²) in [5.41, 5.74) is 5.46. The summed E-state index contributed by atoms with van der Waals surface area (Å²) in [6.45, 7) is 1.89. The van der Waals surface area contributed by atoms with Crippen molar-refractivity contribution < 1.29 is 9.21 Å². The van der Waals surface area contributed by atoms with Crippen LogP contribution in [0.25, 0.3) is 0 Å². The molecular weight excluding hydrogens is 280 g/mol. The van der Waals surface area contributed by atoms with Crippen LogP contribution < -0.4 is 11.1 Å². The lowest BCUT2D eigenvalue weighted by atomic mass is 10.2. The maximum atomic E-state index is 11.6. The van der Waals surface area contributed by atoms with Gasteiger partial charge in [0.05, 0.1) is 11.0 Å². The number of rotatable bonds is 4. The topological polar surface area (TPSA) is 68.3 Å². The molecule has 3 N–H and O–H groups in total. The minimum absolute atomic E-state index is 0.233. The van der Waals surface area contributed by atoms with Crippen LogP contribution in [-0.4, -0.2) is 16.9 Å². The van der Waals surface area contributed by atoms with E-state index in [0.29, 0.717) is 11.1 Å². The Morgan fingerprint density at radius 1 is 1.73 bits per heavy atom. The third kappa shape index (κ3) is 3.32. The highest BCUT2D eigenvalue weighted by atomic mass is 79.9. The first-order valence-electron chi connectivity index (χ1n) is 4.40. The summed E-state index contributed by atoms with van der Waals surface area (Å²) >= 11 is 7.93. The molecule has 1 atom stereocenters. The van der Waals surface area contributed by atoms with Crippen LogP contribution >= 0.6 is 28.1 Å². The van der Waals surface area contributed by atoms with Crippen molar-refractivity contribution >= 4 is 39.0 Å². The van der Waals surface area contributed by atoms with Crippen LogP contribution in [0.5, 0.6) is 0 Å². The number of nitrogens with one attached hydrogen (secondary N) is 1. The van der Waals surface area contributed by atoms with E-state index in [4.69, 9.17) is 22.4 Å². The van der Waals surface area contributed by atoms with Crippen molar-refractivity contribution in [2.24, 2.45) is 5.73 Å². The number of hydrogen-bond acceptors (Lipinski definition) is 3. The van der Waals surface area contributed by atoms with Crippen LogP contribution in [-0.2, 0) is 0 Å². The SMILES string of the molecule is CCC(NC(=O)c1ccc(Br)o1)C(N)=S. The van der Waals surface area contributed by atoms with E-state index in [-0.39, 0.29) is 22.7 Å². The van der Waals surface area contributed by atoms with Gasteiger partial charge in [-0.2, -0.15) is 0 Å². The predicted molar refractivity (Wildman–Crippen MR) is 64.7 cm³/mol. The molecule has 1 rings (SSSR count). The van der Waals surface area contributed by atoms with Gasteiger partial charge < -0.3 is 15.5 Å². The zero-order valence-electron chi connectivity index (χ0n) is 8.12. The van der Waals surface area contributed by atoms with Gasteiger partial charge in [0.15, 0.2) is 10.4 Å². The van der Waals surface area contributed by atoms with E-state index < -0.39 is 0 Å². The Morgan fingerprint density at radius 2 is 2.40 bits per heavy atom. The van der Waals surface area contributed by atoms with E-state index in [1.165, 1.54) is 0 Å². The van der Waals surface area contributed by atoms with E-state index in [1.54, 1.807) is 12.1 Å². The van der Waals surface area contributed by atoms with E-state index in [1.807, 2.05) is 6.92 Å². The summed E-state index contributed by atoms with van der Waals surface area (Å²) in [6, 6.07) is 2.93. The molecular formula is C9H11BrN2O2S. The number of carbonyl (C=O) groups excluding carboxylic acids is 1. The quantitative estimate of drug-likeness (QED) is 0.831. The summed E-state index contributed by atoms with van der Waals surface area (Å²) in [5, 5.41) is 2.68. The van der Waals surface area contributed by atoms with Crippen molar-refractivity contribution in [2.75, 3.05) is 0 Å². The lowest BCUT2D eigenvalue weighted by molar-refractivity contribution is 0.0917. The Bertz CT molecular complexity index is 378. The third-order valence-electron chi connectivity index (χ3n) is 1.85. The Kier molecular flexibility index (Phi) is 4.28. The van der Waals surface area contributed by atoms with Gasteiger partial charge in [-0.25, -0.2) is 0 Å². The summed E-state index contributed by atoms with van der Waals surface area (Å²) < 4.78 is 5.60. The molecule has 0 aliphatic rings. The molecule has 0 aliphatic heterocycles. The lowest BCUT2D eigenvalue weighted by Crippen LogP contribution is -2.42. The van der Waals surface area contributed by atoms with E-state index in [0.717, 1.165) is 0 Å². The van der Waals surface area contributed by atoms with E-state index in [9.17, 15) is 4.79 Å². The third-order valence-corrected chi connectivity index (χ3v) is 2.56. The van der Waals surface area contributed by atoms with Crippen LogP contribution in [0.4, 0.5) is 0 Å². The number of nitrogens with two attached hydrogens (primary N) is 1.